The third-order valence-electron chi connectivity index (χ3n) is 4.07. The zero-order valence-electron chi connectivity index (χ0n) is 13.3. The normalized spacial score (nSPS) is 10.6. The smallest absolute Gasteiger partial charge is 0.228 e. The Bertz CT molecular complexity index is 983. The molecule has 0 bridgehead atoms. The summed E-state index contributed by atoms with van der Waals surface area (Å²) in [5, 5.41) is 12.9. The Morgan fingerprint density at radius 2 is 2.08 bits per heavy atom. The first-order valence-corrected chi connectivity index (χ1v) is 7.83. The molecule has 120 valence electrons. The van der Waals surface area contributed by atoms with Crippen LogP contribution < -0.4 is 5.32 Å². The second-order valence-corrected chi connectivity index (χ2v) is 6.08. The second-order valence-electron chi connectivity index (χ2n) is 5.68. The number of nitriles is 1. The van der Waals surface area contributed by atoms with Gasteiger partial charge in [-0.25, -0.2) is 0 Å². The predicted octanol–water partition coefficient (Wildman–Crippen LogP) is 4.76. The molecule has 4 nitrogen and oxygen atoms in total. The van der Waals surface area contributed by atoms with Crippen LogP contribution in [0.2, 0.25) is 5.02 Å². The van der Waals surface area contributed by atoms with Crippen LogP contribution in [-0.4, -0.2) is 5.91 Å². The highest BCUT2D eigenvalue weighted by Gasteiger charge is 2.13. The third kappa shape index (κ3) is 2.99. The number of carbonyl (C=O) groups is 1. The Kier molecular flexibility index (Phi) is 4.28. The maximum Gasteiger partial charge on any atom is 0.228 e. The minimum atomic E-state index is -0.170. The minimum absolute atomic E-state index is 0.170. The summed E-state index contributed by atoms with van der Waals surface area (Å²) in [5.41, 5.74) is 4.83. The lowest BCUT2D eigenvalue weighted by atomic mass is 10.0. The van der Waals surface area contributed by atoms with Crippen molar-refractivity contribution < 1.29 is 9.21 Å². The van der Waals surface area contributed by atoms with E-state index in [1.165, 1.54) is 0 Å². The zero-order chi connectivity index (χ0) is 17.3. The van der Waals surface area contributed by atoms with Crippen LogP contribution in [0.3, 0.4) is 0 Å². The number of anilines is 1. The van der Waals surface area contributed by atoms with Crippen LogP contribution in [0.25, 0.3) is 11.0 Å². The molecule has 1 amide bonds. The van der Waals surface area contributed by atoms with Crippen molar-refractivity contribution in [1.29, 1.82) is 5.26 Å². The molecule has 0 spiro atoms. The van der Waals surface area contributed by atoms with Crippen LogP contribution in [-0.2, 0) is 11.2 Å². The number of rotatable bonds is 3. The Labute approximate surface area is 144 Å². The molecule has 24 heavy (non-hydrogen) atoms. The van der Waals surface area contributed by atoms with Crippen LogP contribution >= 0.6 is 11.6 Å². The molecular formula is C19H15ClN2O2. The number of halogens is 1. The second kappa shape index (κ2) is 6.38. The van der Waals surface area contributed by atoms with Crippen LogP contribution in [0, 0.1) is 25.2 Å². The molecule has 0 radical (unpaired) electrons. The Hall–Kier alpha value is -2.77. The quantitative estimate of drug-likeness (QED) is 0.749. The molecule has 1 aromatic heterocycles. The van der Waals surface area contributed by atoms with Crippen LogP contribution in [0.5, 0.6) is 0 Å². The topological polar surface area (TPSA) is 66.0 Å². The fraction of sp³-hybridized carbons (Fsp3) is 0.158. The molecule has 0 unspecified atom stereocenters. The van der Waals surface area contributed by atoms with Crippen molar-refractivity contribution in [2.24, 2.45) is 0 Å². The van der Waals surface area contributed by atoms with Gasteiger partial charge in [-0.15, -0.1) is 0 Å². The lowest BCUT2D eigenvalue weighted by molar-refractivity contribution is -0.115. The summed E-state index contributed by atoms with van der Waals surface area (Å²) >= 11 is 5.98. The highest BCUT2D eigenvalue weighted by atomic mass is 35.5. The first-order chi connectivity index (χ1) is 11.5. The van der Waals surface area contributed by atoms with Crippen LogP contribution in [0.4, 0.5) is 5.69 Å². The highest BCUT2D eigenvalue weighted by molar-refractivity contribution is 6.32. The molecule has 0 fully saturated rings. The van der Waals surface area contributed by atoms with E-state index in [1.807, 2.05) is 32.0 Å². The monoisotopic (exact) mass is 338 g/mol. The number of benzene rings is 2. The maximum atomic E-state index is 12.3. The molecule has 1 N–H and O–H groups in total. The van der Waals surface area contributed by atoms with Gasteiger partial charge in [0.15, 0.2) is 0 Å². The molecule has 5 heteroatoms. The molecule has 3 rings (SSSR count). The van der Waals surface area contributed by atoms with Gasteiger partial charge in [0.1, 0.15) is 11.7 Å². The Morgan fingerprint density at radius 1 is 1.29 bits per heavy atom. The molecule has 0 saturated heterocycles. The van der Waals surface area contributed by atoms with Gasteiger partial charge in [0.25, 0.3) is 0 Å². The summed E-state index contributed by atoms with van der Waals surface area (Å²) in [7, 11) is 0. The first-order valence-electron chi connectivity index (χ1n) is 7.45. The number of furan rings is 1. The van der Waals surface area contributed by atoms with Crippen molar-refractivity contribution in [2.75, 3.05) is 5.32 Å². The van der Waals surface area contributed by atoms with Gasteiger partial charge in [0.2, 0.25) is 5.91 Å². The summed E-state index contributed by atoms with van der Waals surface area (Å²) in [6.45, 7) is 4.03. The number of nitrogens with one attached hydrogen (secondary N) is 1. The Morgan fingerprint density at radius 3 is 2.79 bits per heavy atom. The van der Waals surface area contributed by atoms with Crippen molar-refractivity contribution in [3.05, 3.63) is 63.9 Å². The van der Waals surface area contributed by atoms with Gasteiger partial charge in [-0.05, 0) is 43.2 Å². The standard InChI is InChI=1S/C19H15ClN2O2/c1-11-3-6-16-14(10-24-19(16)12(11)2)7-18(23)22-15-5-4-13(9-21)17(20)8-15/h3-6,8,10H,7H2,1-2H3,(H,22,23). The number of hydrogen-bond acceptors (Lipinski definition) is 3. The van der Waals surface area contributed by atoms with E-state index in [9.17, 15) is 4.79 Å². The average Bonchev–Trinajstić information content (AvgIpc) is 2.94. The summed E-state index contributed by atoms with van der Waals surface area (Å²) < 4.78 is 5.62. The van der Waals surface area contributed by atoms with Gasteiger partial charge in [-0.3, -0.25) is 4.79 Å². The lowest BCUT2D eigenvalue weighted by Gasteiger charge is -2.06. The largest absolute Gasteiger partial charge is 0.464 e. The van der Waals surface area contributed by atoms with Gasteiger partial charge in [0.05, 0.1) is 23.3 Å². The Balaban J connectivity index is 1.79. The zero-order valence-corrected chi connectivity index (χ0v) is 14.1. The van der Waals surface area contributed by atoms with Crippen molar-refractivity contribution >= 4 is 34.2 Å². The van der Waals surface area contributed by atoms with Crippen LogP contribution in [0.1, 0.15) is 22.3 Å². The van der Waals surface area contributed by atoms with Gasteiger partial charge < -0.3 is 9.73 Å². The van der Waals surface area contributed by atoms with Gasteiger partial charge in [-0.1, -0.05) is 23.7 Å². The molecule has 0 aliphatic carbocycles. The summed E-state index contributed by atoms with van der Waals surface area (Å²) in [4.78, 5) is 12.3. The molecule has 3 aromatic rings. The molecule has 1 heterocycles. The summed E-state index contributed by atoms with van der Waals surface area (Å²) in [6, 6.07) is 10.8. The first kappa shape index (κ1) is 16.1. The third-order valence-corrected chi connectivity index (χ3v) is 4.38. The van der Waals surface area contributed by atoms with E-state index in [0.29, 0.717) is 16.3 Å². The molecule has 0 atom stereocenters. The van der Waals surface area contributed by atoms with Gasteiger partial charge in [-0.2, -0.15) is 5.26 Å². The number of amides is 1. The van der Waals surface area contributed by atoms with Gasteiger partial charge in [0, 0.05) is 16.6 Å². The van der Waals surface area contributed by atoms with Gasteiger partial charge >= 0.3 is 0 Å². The minimum Gasteiger partial charge on any atom is -0.464 e. The SMILES string of the molecule is Cc1ccc2c(CC(=O)Nc3ccc(C#N)c(Cl)c3)coc2c1C. The van der Waals surface area contributed by atoms with E-state index in [4.69, 9.17) is 21.3 Å². The van der Waals surface area contributed by atoms with Crippen LogP contribution in [0.15, 0.2) is 41.0 Å². The van der Waals surface area contributed by atoms with E-state index in [0.717, 1.165) is 27.7 Å². The van der Waals surface area contributed by atoms with Crippen molar-refractivity contribution in [2.45, 2.75) is 20.3 Å². The van der Waals surface area contributed by atoms with E-state index < -0.39 is 0 Å². The fourth-order valence-corrected chi connectivity index (χ4v) is 2.81. The molecule has 0 aliphatic heterocycles. The van der Waals surface area contributed by atoms with Crippen molar-refractivity contribution in [1.82, 2.24) is 0 Å². The molecule has 2 aromatic carbocycles. The van der Waals surface area contributed by atoms with Crippen molar-refractivity contribution in [3.8, 4) is 6.07 Å². The predicted molar refractivity (Wildman–Crippen MR) is 94.2 cm³/mol. The maximum absolute atomic E-state index is 12.3. The van der Waals surface area contributed by atoms with E-state index in [2.05, 4.69) is 5.32 Å². The molecule has 0 aliphatic rings. The van der Waals surface area contributed by atoms with E-state index >= 15 is 0 Å². The number of carbonyl (C=O) groups excluding carboxylic acids is 1. The highest BCUT2D eigenvalue weighted by Crippen LogP contribution is 2.27. The lowest BCUT2D eigenvalue weighted by Crippen LogP contribution is -2.14. The van der Waals surface area contributed by atoms with Crippen molar-refractivity contribution in [3.63, 3.8) is 0 Å². The number of fused-ring (bicyclic) bond motifs is 1. The number of hydrogen-bond donors (Lipinski definition) is 1. The summed E-state index contributed by atoms with van der Waals surface area (Å²) in [6.07, 6.45) is 1.83. The van der Waals surface area contributed by atoms with E-state index in [1.54, 1.807) is 24.5 Å². The molecule has 0 saturated carbocycles. The average molecular weight is 339 g/mol. The summed E-state index contributed by atoms with van der Waals surface area (Å²) in [5.74, 6) is -0.170. The number of aryl methyl sites for hydroxylation is 2. The fourth-order valence-electron chi connectivity index (χ4n) is 2.59. The molecular weight excluding hydrogens is 324 g/mol. The van der Waals surface area contributed by atoms with E-state index in [-0.39, 0.29) is 12.3 Å². The number of nitrogens with zero attached hydrogens (tertiary/aromatic N) is 1.